The quantitative estimate of drug-likeness (QED) is 0.759. The van der Waals surface area contributed by atoms with Crippen LogP contribution in [0.15, 0.2) is 0 Å². The molecule has 2 N–H and O–H groups in total. The number of nitrogens with two attached hydrogens (primary N) is 1. The predicted octanol–water partition coefficient (Wildman–Crippen LogP) is 3.65. The molecule has 1 atom stereocenters. The lowest BCUT2D eigenvalue weighted by atomic mass is 9.84. The zero-order valence-electron chi connectivity index (χ0n) is 13.0. The molecule has 0 amide bonds. The molecular weight excluding hydrogens is 220 g/mol. The Hall–Kier alpha value is -0.0800. The van der Waals surface area contributed by atoms with E-state index in [1.807, 2.05) is 0 Å². The number of rotatable bonds is 5. The molecule has 1 aliphatic carbocycles. The Balaban J connectivity index is 2.42. The maximum atomic E-state index is 5.96. The molecule has 1 aliphatic rings. The van der Waals surface area contributed by atoms with Gasteiger partial charge >= 0.3 is 0 Å². The third kappa shape index (κ3) is 6.19. The minimum atomic E-state index is 0.397. The van der Waals surface area contributed by atoms with Crippen molar-refractivity contribution in [1.29, 1.82) is 0 Å². The van der Waals surface area contributed by atoms with E-state index < -0.39 is 0 Å². The maximum absolute atomic E-state index is 5.96. The van der Waals surface area contributed by atoms with Crippen LogP contribution in [-0.2, 0) is 0 Å². The van der Waals surface area contributed by atoms with E-state index >= 15 is 0 Å². The molecule has 1 rings (SSSR count). The van der Waals surface area contributed by atoms with Crippen molar-refractivity contribution in [2.45, 2.75) is 71.8 Å². The largest absolute Gasteiger partial charge is 0.330 e. The van der Waals surface area contributed by atoms with Crippen molar-refractivity contribution >= 4 is 0 Å². The van der Waals surface area contributed by atoms with Crippen molar-refractivity contribution < 1.29 is 0 Å². The van der Waals surface area contributed by atoms with Gasteiger partial charge in [0.2, 0.25) is 0 Å². The highest BCUT2D eigenvalue weighted by Crippen LogP contribution is 2.26. The molecule has 0 saturated heterocycles. The second-order valence-electron chi connectivity index (χ2n) is 7.45. The molecule has 0 aromatic heterocycles. The second-order valence-corrected chi connectivity index (χ2v) is 7.45. The van der Waals surface area contributed by atoms with Crippen LogP contribution in [0, 0.1) is 11.3 Å². The van der Waals surface area contributed by atoms with Crippen molar-refractivity contribution in [2.24, 2.45) is 17.1 Å². The average molecular weight is 254 g/mol. The van der Waals surface area contributed by atoms with Gasteiger partial charge < -0.3 is 10.6 Å². The van der Waals surface area contributed by atoms with Gasteiger partial charge in [0.1, 0.15) is 0 Å². The highest BCUT2D eigenvalue weighted by atomic mass is 15.1. The molecule has 0 aromatic rings. The molecule has 2 nitrogen and oxygen atoms in total. The van der Waals surface area contributed by atoms with Crippen molar-refractivity contribution in [3.63, 3.8) is 0 Å². The van der Waals surface area contributed by atoms with E-state index in [2.05, 4.69) is 32.7 Å². The first-order chi connectivity index (χ1) is 8.42. The topological polar surface area (TPSA) is 29.3 Å². The highest BCUT2D eigenvalue weighted by molar-refractivity contribution is 4.77. The van der Waals surface area contributed by atoms with Crippen LogP contribution in [0.25, 0.3) is 0 Å². The Morgan fingerprint density at radius 2 is 1.67 bits per heavy atom. The molecular formula is C16H34N2. The monoisotopic (exact) mass is 254 g/mol. The van der Waals surface area contributed by atoms with Gasteiger partial charge in [-0.3, -0.25) is 0 Å². The fraction of sp³-hybridized carbons (Fsp3) is 1.00. The van der Waals surface area contributed by atoms with E-state index in [4.69, 9.17) is 5.73 Å². The maximum Gasteiger partial charge on any atom is 0.00923 e. The Labute approximate surface area is 114 Å². The van der Waals surface area contributed by atoms with Crippen LogP contribution in [0.1, 0.15) is 65.7 Å². The SMILES string of the molecule is CN(CC(CN)CC(C)(C)C)C1CCCCCC1. The van der Waals surface area contributed by atoms with Crippen LogP contribution in [0.5, 0.6) is 0 Å². The van der Waals surface area contributed by atoms with Crippen molar-refractivity contribution in [1.82, 2.24) is 4.90 Å². The normalized spacial score (nSPS) is 21.0. The number of nitrogens with zero attached hydrogens (tertiary/aromatic N) is 1. The minimum absolute atomic E-state index is 0.397. The second kappa shape index (κ2) is 7.49. The smallest absolute Gasteiger partial charge is 0.00923 e. The van der Waals surface area contributed by atoms with E-state index in [-0.39, 0.29) is 0 Å². The van der Waals surface area contributed by atoms with Gasteiger partial charge in [0.05, 0.1) is 0 Å². The summed E-state index contributed by atoms with van der Waals surface area (Å²) < 4.78 is 0. The third-order valence-corrected chi connectivity index (χ3v) is 4.23. The van der Waals surface area contributed by atoms with Crippen molar-refractivity contribution in [3.8, 4) is 0 Å². The van der Waals surface area contributed by atoms with Gasteiger partial charge in [-0.2, -0.15) is 0 Å². The molecule has 0 heterocycles. The third-order valence-electron chi connectivity index (χ3n) is 4.23. The van der Waals surface area contributed by atoms with Gasteiger partial charge in [0.25, 0.3) is 0 Å². The van der Waals surface area contributed by atoms with Gasteiger partial charge in [-0.05, 0) is 44.2 Å². The Morgan fingerprint density at radius 1 is 1.11 bits per heavy atom. The first-order valence-electron chi connectivity index (χ1n) is 7.82. The molecule has 0 spiro atoms. The van der Waals surface area contributed by atoms with Crippen LogP contribution in [0.4, 0.5) is 0 Å². The zero-order chi connectivity index (χ0) is 13.6. The molecule has 1 fully saturated rings. The van der Waals surface area contributed by atoms with Crippen LogP contribution >= 0.6 is 0 Å². The predicted molar refractivity (Wildman–Crippen MR) is 80.7 cm³/mol. The highest BCUT2D eigenvalue weighted by Gasteiger charge is 2.22. The van der Waals surface area contributed by atoms with Gasteiger partial charge in [-0.25, -0.2) is 0 Å². The fourth-order valence-corrected chi connectivity index (χ4v) is 3.34. The van der Waals surface area contributed by atoms with E-state index in [1.165, 1.54) is 51.5 Å². The van der Waals surface area contributed by atoms with Crippen LogP contribution < -0.4 is 5.73 Å². The molecule has 0 bridgehead atoms. The van der Waals surface area contributed by atoms with Crippen LogP contribution in [0.2, 0.25) is 0 Å². The van der Waals surface area contributed by atoms with Gasteiger partial charge in [-0.15, -0.1) is 0 Å². The first-order valence-corrected chi connectivity index (χ1v) is 7.82. The molecule has 1 saturated carbocycles. The minimum Gasteiger partial charge on any atom is -0.330 e. The Bertz CT molecular complexity index is 212. The number of hydrogen-bond donors (Lipinski definition) is 1. The van der Waals surface area contributed by atoms with Gasteiger partial charge in [-0.1, -0.05) is 46.5 Å². The molecule has 0 radical (unpaired) electrons. The lowest BCUT2D eigenvalue weighted by molar-refractivity contribution is 0.166. The summed E-state index contributed by atoms with van der Waals surface area (Å²) in [6, 6.07) is 0.807. The zero-order valence-corrected chi connectivity index (χ0v) is 13.0. The summed E-state index contributed by atoms with van der Waals surface area (Å²) in [5, 5.41) is 0. The lowest BCUT2D eigenvalue weighted by Crippen LogP contribution is -2.38. The molecule has 18 heavy (non-hydrogen) atoms. The van der Waals surface area contributed by atoms with E-state index in [1.54, 1.807) is 0 Å². The standard InChI is InChI=1S/C16H34N2/c1-16(2,3)11-14(12-17)13-18(4)15-9-7-5-6-8-10-15/h14-15H,5-13,17H2,1-4H3. The Morgan fingerprint density at radius 3 is 2.11 bits per heavy atom. The van der Waals surface area contributed by atoms with Crippen molar-refractivity contribution in [2.75, 3.05) is 20.1 Å². The van der Waals surface area contributed by atoms with Crippen LogP contribution in [-0.4, -0.2) is 31.1 Å². The van der Waals surface area contributed by atoms with E-state index in [0.29, 0.717) is 11.3 Å². The molecule has 108 valence electrons. The summed E-state index contributed by atoms with van der Waals surface area (Å²) in [5.41, 5.74) is 6.36. The summed E-state index contributed by atoms with van der Waals surface area (Å²) in [6.07, 6.45) is 9.73. The van der Waals surface area contributed by atoms with E-state index in [0.717, 1.165) is 12.6 Å². The van der Waals surface area contributed by atoms with Crippen molar-refractivity contribution in [3.05, 3.63) is 0 Å². The summed E-state index contributed by atoms with van der Waals surface area (Å²) in [6.45, 7) is 8.97. The molecule has 2 heteroatoms. The first kappa shape index (κ1) is 16.0. The average Bonchev–Trinajstić information content (AvgIpc) is 2.54. The Kier molecular flexibility index (Phi) is 6.65. The summed E-state index contributed by atoms with van der Waals surface area (Å²) in [7, 11) is 2.31. The van der Waals surface area contributed by atoms with Gasteiger partial charge in [0, 0.05) is 12.6 Å². The fourth-order valence-electron chi connectivity index (χ4n) is 3.34. The van der Waals surface area contributed by atoms with Crippen LogP contribution in [0.3, 0.4) is 0 Å². The number of hydrogen-bond acceptors (Lipinski definition) is 2. The molecule has 0 aliphatic heterocycles. The molecule has 1 unspecified atom stereocenters. The van der Waals surface area contributed by atoms with E-state index in [9.17, 15) is 0 Å². The summed E-state index contributed by atoms with van der Waals surface area (Å²) in [4.78, 5) is 2.59. The van der Waals surface area contributed by atoms with Gasteiger partial charge in [0.15, 0.2) is 0 Å². The summed E-state index contributed by atoms with van der Waals surface area (Å²) in [5.74, 6) is 0.651. The summed E-state index contributed by atoms with van der Waals surface area (Å²) >= 11 is 0. The lowest BCUT2D eigenvalue weighted by Gasteiger charge is -2.33. The molecule has 0 aromatic carbocycles.